The predicted octanol–water partition coefficient (Wildman–Crippen LogP) is 1.41. The SMILES string of the molecule is Cn1ccsc1=NC(=O)c1ccc(-n2cccn2)nc1. The Morgan fingerprint density at radius 3 is 2.85 bits per heavy atom. The highest BCUT2D eigenvalue weighted by atomic mass is 32.1. The van der Waals surface area contributed by atoms with Gasteiger partial charge in [-0.1, -0.05) is 0 Å². The maximum absolute atomic E-state index is 12.0. The summed E-state index contributed by atoms with van der Waals surface area (Å²) in [7, 11) is 1.85. The van der Waals surface area contributed by atoms with Crippen LogP contribution < -0.4 is 4.80 Å². The van der Waals surface area contributed by atoms with E-state index in [0.717, 1.165) is 0 Å². The lowest BCUT2D eigenvalue weighted by Crippen LogP contribution is -2.12. The van der Waals surface area contributed by atoms with Crippen LogP contribution in [0, 0.1) is 0 Å². The lowest BCUT2D eigenvalue weighted by Gasteiger charge is -2.00. The number of carbonyl (C=O) groups is 1. The Kier molecular flexibility index (Phi) is 3.26. The summed E-state index contributed by atoms with van der Waals surface area (Å²) in [6.45, 7) is 0. The number of aromatic nitrogens is 4. The molecule has 0 unspecified atom stereocenters. The molecule has 0 bridgehead atoms. The van der Waals surface area contributed by atoms with E-state index in [1.165, 1.54) is 17.5 Å². The molecule has 0 spiro atoms. The van der Waals surface area contributed by atoms with Gasteiger partial charge in [0.25, 0.3) is 5.91 Å². The van der Waals surface area contributed by atoms with Crippen molar-refractivity contribution < 1.29 is 4.79 Å². The van der Waals surface area contributed by atoms with Gasteiger partial charge < -0.3 is 4.57 Å². The smallest absolute Gasteiger partial charge is 0.281 e. The van der Waals surface area contributed by atoms with Crippen molar-refractivity contribution >= 4 is 17.2 Å². The van der Waals surface area contributed by atoms with Gasteiger partial charge in [-0.05, 0) is 18.2 Å². The van der Waals surface area contributed by atoms with E-state index in [-0.39, 0.29) is 5.91 Å². The highest BCUT2D eigenvalue weighted by molar-refractivity contribution is 7.07. The number of amides is 1. The van der Waals surface area contributed by atoms with Crippen molar-refractivity contribution in [2.24, 2.45) is 12.0 Å². The van der Waals surface area contributed by atoms with E-state index in [2.05, 4.69) is 15.1 Å². The van der Waals surface area contributed by atoms with Gasteiger partial charge >= 0.3 is 0 Å². The number of hydrogen-bond donors (Lipinski definition) is 0. The van der Waals surface area contributed by atoms with E-state index in [9.17, 15) is 4.79 Å². The molecule has 20 heavy (non-hydrogen) atoms. The van der Waals surface area contributed by atoms with Gasteiger partial charge in [0.15, 0.2) is 10.6 Å². The molecule has 100 valence electrons. The fourth-order valence-electron chi connectivity index (χ4n) is 1.64. The minimum absolute atomic E-state index is 0.303. The topological polar surface area (TPSA) is 65.1 Å². The van der Waals surface area contributed by atoms with Crippen molar-refractivity contribution in [1.82, 2.24) is 19.3 Å². The first-order valence-electron chi connectivity index (χ1n) is 5.89. The second kappa shape index (κ2) is 5.22. The van der Waals surface area contributed by atoms with Crippen molar-refractivity contribution in [3.63, 3.8) is 0 Å². The van der Waals surface area contributed by atoms with Gasteiger partial charge in [-0.2, -0.15) is 10.1 Å². The molecule has 0 aliphatic carbocycles. The first-order chi connectivity index (χ1) is 9.74. The number of rotatable bonds is 2. The number of nitrogens with zero attached hydrogens (tertiary/aromatic N) is 5. The fraction of sp³-hybridized carbons (Fsp3) is 0.0769. The van der Waals surface area contributed by atoms with E-state index in [4.69, 9.17) is 0 Å². The zero-order valence-electron chi connectivity index (χ0n) is 10.7. The number of thiazole rings is 1. The molecule has 0 N–H and O–H groups in total. The highest BCUT2D eigenvalue weighted by Crippen LogP contribution is 2.05. The molecule has 3 rings (SSSR count). The summed E-state index contributed by atoms with van der Waals surface area (Å²) in [5, 5.41) is 5.96. The van der Waals surface area contributed by atoms with E-state index in [1.807, 2.05) is 24.7 Å². The monoisotopic (exact) mass is 285 g/mol. The summed E-state index contributed by atoms with van der Waals surface area (Å²) in [5.41, 5.74) is 0.453. The summed E-state index contributed by atoms with van der Waals surface area (Å²) < 4.78 is 3.43. The first-order valence-corrected chi connectivity index (χ1v) is 6.77. The third kappa shape index (κ3) is 2.43. The van der Waals surface area contributed by atoms with Crippen LogP contribution >= 0.6 is 11.3 Å². The molecule has 0 saturated heterocycles. The van der Waals surface area contributed by atoms with Gasteiger partial charge in [0.05, 0.1) is 5.56 Å². The Hall–Kier alpha value is -2.54. The Bertz CT molecular complexity index is 783. The molecule has 3 aromatic heterocycles. The van der Waals surface area contributed by atoms with Crippen LogP contribution in [0.5, 0.6) is 0 Å². The maximum atomic E-state index is 12.0. The lowest BCUT2D eigenvalue weighted by atomic mass is 10.3. The van der Waals surface area contributed by atoms with Gasteiger partial charge in [0.1, 0.15) is 0 Å². The van der Waals surface area contributed by atoms with Crippen molar-refractivity contribution in [3.05, 3.63) is 58.7 Å². The van der Waals surface area contributed by atoms with Crippen molar-refractivity contribution in [3.8, 4) is 5.82 Å². The van der Waals surface area contributed by atoms with Crippen molar-refractivity contribution in [1.29, 1.82) is 0 Å². The Morgan fingerprint density at radius 2 is 2.25 bits per heavy atom. The van der Waals surface area contributed by atoms with Crippen LogP contribution in [0.2, 0.25) is 0 Å². The maximum Gasteiger partial charge on any atom is 0.281 e. The van der Waals surface area contributed by atoms with E-state index in [1.54, 1.807) is 33.8 Å². The molecule has 0 aliphatic rings. The third-order valence-electron chi connectivity index (χ3n) is 2.69. The van der Waals surface area contributed by atoms with Crippen molar-refractivity contribution in [2.45, 2.75) is 0 Å². The summed E-state index contributed by atoms with van der Waals surface area (Å²) in [6.07, 6.45) is 6.83. The first kappa shape index (κ1) is 12.5. The average molecular weight is 285 g/mol. The molecular formula is C13H11N5OS. The number of aryl methyl sites for hydroxylation is 1. The zero-order valence-corrected chi connectivity index (χ0v) is 11.5. The quantitative estimate of drug-likeness (QED) is 0.715. The molecule has 0 aromatic carbocycles. The lowest BCUT2D eigenvalue weighted by molar-refractivity contribution is 0.0997. The normalized spacial score (nSPS) is 11.8. The molecule has 7 heteroatoms. The molecule has 0 fully saturated rings. The average Bonchev–Trinajstić information content (AvgIpc) is 3.12. The Labute approximate surface area is 118 Å². The fourth-order valence-corrected chi connectivity index (χ4v) is 2.37. The number of carbonyl (C=O) groups excluding carboxylic acids is 1. The molecule has 3 heterocycles. The summed E-state index contributed by atoms with van der Waals surface area (Å²) in [4.78, 5) is 21.0. The minimum Gasteiger partial charge on any atom is -0.327 e. The molecule has 1 amide bonds. The van der Waals surface area contributed by atoms with Crippen molar-refractivity contribution in [2.75, 3.05) is 0 Å². The molecule has 0 radical (unpaired) electrons. The largest absolute Gasteiger partial charge is 0.327 e. The van der Waals surface area contributed by atoms with Crippen LogP contribution in [0.25, 0.3) is 5.82 Å². The van der Waals surface area contributed by atoms with Crippen LogP contribution in [0.3, 0.4) is 0 Å². The van der Waals surface area contributed by atoms with E-state index < -0.39 is 0 Å². The molecule has 0 saturated carbocycles. The van der Waals surface area contributed by atoms with Crippen LogP contribution in [0.1, 0.15) is 10.4 Å². The van der Waals surface area contributed by atoms with Crippen LogP contribution in [-0.2, 0) is 7.05 Å². The van der Waals surface area contributed by atoms with Crippen LogP contribution in [0.15, 0.2) is 53.4 Å². The zero-order chi connectivity index (χ0) is 13.9. The second-order valence-corrected chi connectivity index (χ2v) is 4.94. The van der Waals surface area contributed by atoms with Gasteiger partial charge in [-0.3, -0.25) is 4.79 Å². The summed E-state index contributed by atoms with van der Waals surface area (Å²) in [5.74, 6) is 0.357. The van der Waals surface area contributed by atoms with E-state index >= 15 is 0 Å². The van der Waals surface area contributed by atoms with Gasteiger partial charge in [0.2, 0.25) is 0 Å². The third-order valence-corrected chi connectivity index (χ3v) is 3.54. The summed E-state index contributed by atoms with van der Waals surface area (Å²) >= 11 is 1.41. The minimum atomic E-state index is -0.303. The Morgan fingerprint density at radius 1 is 1.35 bits per heavy atom. The van der Waals surface area contributed by atoms with Gasteiger partial charge in [0, 0.05) is 37.2 Å². The number of pyridine rings is 1. The Balaban J connectivity index is 1.89. The summed E-state index contributed by atoms with van der Waals surface area (Å²) in [6, 6.07) is 5.25. The molecule has 6 nitrogen and oxygen atoms in total. The van der Waals surface area contributed by atoms with Gasteiger partial charge in [-0.15, -0.1) is 11.3 Å². The molecule has 3 aromatic rings. The van der Waals surface area contributed by atoms with Gasteiger partial charge in [-0.25, -0.2) is 9.67 Å². The predicted molar refractivity (Wildman–Crippen MR) is 74.5 cm³/mol. The highest BCUT2D eigenvalue weighted by Gasteiger charge is 2.06. The molecular weight excluding hydrogens is 274 g/mol. The van der Waals surface area contributed by atoms with E-state index in [0.29, 0.717) is 16.2 Å². The van der Waals surface area contributed by atoms with Crippen LogP contribution in [-0.4, -0.2) is 25.2 Å². The molecule has 0 aliphatic heterocycles. The number of hydrogen-bond acceptors (Lipinski definition) is 4. The van der Waals surface area contributed by atoms with Crippen LogP contribution in [0.4, 0.5) is 0 Å². The molecule has 0 atom stereocenters. The second-order valence-electron chi connectivity index (χ2n) is 4.07. The standard InChI is InChI=1S/C13H11N5OS/c1-17-7-8-20-13(17)16-12(19)10-3-4-11(14-9-10)18-6-2-5-15-18/h2-9H,1H3.